The quantitative estimate of drug-likeness (QED) is 0.799. The maximum atomic E-state index is 5.71. The zero-order valence-electron chi connectivity index (χ0n) is 8.11. The van der Waals surface area contributed by atoms with Gasteiger partial charge in [0.2, 0.25) is 11.2 Å². The minimum atomic E-state index is 0.112. The van der Waals surface area contributed by atoms with E-state index in [9.17, 15) is 0 Å². The van der Waals surface area contributed by atoms with E-state index in [0.29, 0.717) is 5.82 Å². The van der Waals surface area contributed by atoms with Crippen molar-refractivity contribution in [1.82, 2.24) is 15.0 Å². The van der Waals surface area contributed by atoms with Gasteiger partial charge in [0, 0.05) is 5.56 Å². The maximum absolute atomic E-state index is 5.71. The van der Waals surface area contributed by atoms with Crippen molar-refractivity contribution in [3.05, 3.63) is 35.1 Å². The summed E-state index contributed by atoms with van der Waals surface area (Å²) in [6, 6.07) is 7.75. The Labute approximate surface area is 92.2 Å². The third-order valence-corrected chi connectivity index (χ3v) is 2.18. The lowest BCUT2D eigenvalue weighted by Crippen LogP contribution is -2.00. The van der Waals surface area contributed by atoms with Crippen LogP contribution >= 0.6 is 11.6 Å². The third kappa shape index (κ3) is 2.05. The van der Waals surface area contributed by atoms with Crippen LogP contribution in [0.2, 0.25) is 5.28 Å². The first-order chi connectivity index (χ1) is 7.16. The molecule has 1 aromatic carbocycles. The monoisotopic (exact) mass is 220 g/mol. The van der Waals surface area contributed by atoms with E-state index in [-0.39, 0.29) is 11.2 Å². The average molecular weight is 221 g/mol. The van der Waals surface area contributed by atoms with Gasteiger partial charge in [-0.2, -0.15) is 15.0 Å². The van der Waals surface area contributed by atoms with Crippen LogP contribution in [0.1, 0.15) is 5.56 Å². The van der Waals surface area contributed by atoms with Crippen molar-refractivity contribution in [3.8, 4) is 11.4 Å². The van der Waals surface area contributed by atoms with Crippen LogP contribution < -0.4 is 5.73 Å². The molecule has 0 aliphatic carbocycles. The molecule has 0 saturated heterocycles. The molecule has 0 amide bonds. The van der Waals surface area contributed by atoms with Crippen LogP contribution in [-0.4, -0.2) is 15.0 Å². The van der Waals surface area contributed by atoms with Gasteiger partial charge in [0.25, 0.3) is 0 Å². The van der Waals surface area contributed by atoms with Crippen molar-refractivity contribution in [2.24, 2.45) is 0 Å². The van der Waals surface area contributed by atoms with Gasteiger partial charge in [-0.05, 0) is 24.1 Å². The highest BCUT2D eigenvalue weighted by molar-refractivity contribution is 6.28. The zero-order valence-corrected chi connectivity index (χ0v) is 8.86. The lowest BCUT2D eigenvalue weighted by molar-refractivity contribution is 1.07. The largest absolute Gasteiger partial charge is 0.368 e. The molecule has 0 bridgehead atoms. The summed E-state index contributed by atoms with van der Waals surface area (Å²) in [4.78, 5) is 11.8. The standard InChI is InChI=1S/C10H9ClN4/c1-6-4-2-3-5-7(6)8-13-9(11)15-10(12)14-8/h2-5H,1H3,(H2,12,13,14,15). The second kappa shape index (κ2) is 3.82. The Bertz CT molecular complexity index is 478. The van der Waals surface area contributed by atoms with Crippen LogP contribution in [0, 0.1) is 6.92 Å². The number of rotatable bonds is 1. The van der Waals surface area contributed by atoms with E-state index >= 15 is 0 Å². The Balaban J connectivity index is 2.59. The van der Waals surface area contributed by atoms with Crippen LogP contribution in [0.15, 0.2) is 24.3 Å². The van der Waals surface area contributed by atoms with Crippen molar-refractivity contribution in [1.29, 1.82) is 0 Å². The van der Waals surface area contributed by atoms with Gasteiger partial charge in [-0.25, -0.2) is 0 Å². The Morgan fingerprint density at radius 3 is 2.53 bits per heavy atom. The van der Waals surface area contributed by atoms with Crippen molar-refractivity contribution in [2.45, 2.75) is 6.92 Å². The summed E-state index contributed by atoms with van der Waals surface area (Å²) in [5, 5.41) is 0.112. The molecule has 76 valence electrons. The first-order valence-electron chi connectivity index (χ1n) is 4.40. The summed E-state index contributed by atoms with van der Waals surface area (Å²) >= 11 is 5.71. The number of halogens is 1. The molecule has 0 radical (unpaired) electrons. The Morgan fingerprint density at radius 2 is 1.87 bits per heavy atom. The summed E-state index contributed by atoms with van der Waals surface area (Å²) in [7, 11) is 0. The second-order valence-electron chi connectivity index (χ2n) is 3.10. The molecule has 15 heavy (non-hydrogen) atoms. The molecule has 1 aromatic heterocycles. The van der Waals surface area contributed by atoms with Crippen molar-refractivity contribution >= 4 is 17.5 Å². The molecule has 2 aromatic rings. The summed E-state index contributed by atoms with van der Waals surface area (Å²) in [5.74, 6) is 0.638. The van der Waals surface area contributed by atoms with Gasteiger partial charge in [-0.15, -0.1) is 0 Å². The number of hydrogen-bond donors (Lipinski definition) is 1. The molecule has 0 aliphatic rings. The second-order valence-corrected chi connectivity index (χ2v) is 3.44. The third-order valence-electron chi connectivity index (χ3n) is 2.01. The van der Waals surface area contributed by atoms with Gasteiger partial charge >= 0.3 is 0 Å². The molecule has 0 aliphatic heterocycles. The number of aromatic nitrogens is 3. The Morgan fingerprint density at radius 1 is 1.13 bits per heavy atom. The lowest BCUT2D eigenvalue weighted by Gasteiger charge is -2.04. The normalized spacial score (nSPS) is 10.3. The Hall–Kier alpha value is -1.68. The van der Waals surface area contributed by atoms with E-state index in [4.69, 9.17) is 17.3 Å². The van der Waals surface area contributed by atoms with Gasteiger partial charge < -0.3 is 5.73 Å². The van der Waals surface area contributed by atoms with Crippen molar-refractivity contribution in [2.75, 3.05) is 5.73 Å². The summed E-state index contributed by atoms with van der Waals surface area (Å²) in [6.07, 6.45) is 0. The van der Waals surface area contributed by atoms with Crippen LogP contribution in [-0.2, 0) is 0 Å². The van der Waals surface area contributed by atoms with Crippen molar-refractivity contribution in [3.63, 3.8) is 0 Å². The first kappa shape index (κ1) is 9.86. The van der Waals surface area contributed by atoms with E-state index < -0.39 is 0 Å². The molecule has 4 nitrogen and oxygen atoms in total. The number of benzene rings is 1. The number of nitrogens with two attached hydrogens (primary N) is 1. The molecule has 0 saturated carbocycles. The predicted octanol–water partition coefficient (Wildman–Crippen LogP) is 2.08. The smallest absolute Gasteiger partial charge is 0.227 e. The van der Waals surface area contributed by atoms with E-state index in [0.717, 1.165) is 11.1 Å². The maximum Gasteiger partial charge on any atom is 0.227 e. The van der Waals surface area contributed by atoms with Crippen LogP contribution in [0.25, 0.3) is 11.4 Å². The van der Waals surface area contributed by atoms with E-state index in [2.05, 4.69) is 15.0 Å². The fourth-order valence-electron chi connectivity index (χ4n) is 1.31. The van der Waals surface area contributed by atoms with Gasteiger partial charge in [-0.1, -0.05) is 24.3 Å². The molecule has 1 heterocycles. The van der Waals surface area contributed by atoms with Gasteiger partial charge in [0.1, 0.15) is 0 Å². The average Bonchev–Trinajstić information content (AvgIpc) is 2.16. The molecular formula is C10H9ClN4. The summed E-state index contributed by atoms with van der Waals surface area (Å²) in [5.41, 5.74) is 7.48. The highest BCUT2D eigenvalue weighted by atomic mass is 35.5. The highest BCUT2D eigenvalue weighted by Crippen LogP contribution is 2.20. The number of nitrogen functional groups attached to an aromatic ring is 1. The van der Waals surface area contributed by atoms with E-state index in [1.165, 1.54) is 0 Å². The molecule has 2 N–H and O–H groups in total. The van der Waals surface area contributed by atoms with Crippen LogP contribution in [0.4, 0.5) is 5.95 Å². The predicted molar refractivity (Wildman–Crippen MR) is 59.4 cm³/mol. The van der Waals surface area contributed by atoms with Crippen LogP contribution in [0.3, 0.4) is 0 Å². The van der Waals surface area contributed by atoms with E-state index in [1.54, 1.807) is 0 Å². The number of aryl methyl sites for hydroxylation is 1. The Kier molecular flexibility index (Phi) is 2.51. The van der Waals surface area contributed by atoms with Gasteiger partial charge in [-0.3, -0.25) is 0 Å². The number of anilines is 1. The van der Waals surface area contributed by atoms with Gasteiger partial charge in [0.05, 0.1) is 0 Å². The summed E-state index contributed by atoms with van der Waals surface area (Å²) in [6.45, 7) is 1.98. The molecule has 2 rings (SSSR count). The SMILES string of the molecule is Cc1ccccc1-c1nc(N)nc(Cl)n1. The molecule has 0 spiro atoms. The zero-order chi connectivity index (χ0) is 10.8. The first-order valence-corrected chi connectivity index (χ1v) is 4.77. The van der Waals surface area contributed by atoms with E-state index in [1.807, 2.05) is 31.2 Å². The lowest BCUT2D eigenvalue weighted by atomic mass is 10.1. The van der Waals surface area contributed by atoms with Crippen LogP contribution in [0.5, 0.6) is 0 Å². The molecule has 5 heteroatoms. The number of nitrogens with zero attached hydrogens (tertiary/aromatic N) is 3. The molecular weight excluding hydrogens is 212 g/mol. The molecule has 0 unspecified atom stereocenters. The summed E-state index contributed by atoms with van der Waals surface area (Å²) < 4.78 is 0. The molecule has 0 atom stereocenters. The van der Waals surface area contributed by atoms with Crippen molar-refractivity contribution < 1.29 is 0 Å². The highest BCUT2D eigenvalue weighted by Gasteiger charge is 2.06. The minimum absolute atomic E-state index is 0.112. The van der Waals surface area contributed by atoms with Gasteiger partial charge in [0.15, 0.2) is 5.82 Å². The fraction of sp³-hybridized carbons (Fsp3) is 0.100. The molecule has 0 fully saturated rings. The minimum Gasteiger partial charge on any atom is -0.368 e. The number of hydrogen-bond acceptors (Lipinski definition) is 4. The topological polar surface area (TPSA) is 64.7 Å². The fourth-order valence-corrected chi connectivity index (χ4v) is 1.48.